The molecule has 1 aliphatic rings. The summed E-state index contributed by atoms with van der Waals surface area (Å²) in [5, 5.41) is 0. The average molecular weight is 187 g/mol. The van der Waals surface area contributed by atoms with E-state index in [2.05, 4.69) is 23.6 Å². The largest absolute Gasteiger partial charge is 0.302 e. The van der Waals surface area contributed by atoms with Crippen molar-refractivity contribution in [1.29, 1.82) is 0 Å². The maximum absolute atomic E-state index is 2.62. The molecule has 0 atom stereocenters. The van der Waals surface area contributed by atoms with Crippen molar-refractivity contribution in [2.24, 2.45) is 0 Å². The number of hydrogen-bond acceptors (Lipinski definition) is 2. The van der Waals surface area contributed by atoms with Gasteiger partial charge in [-0.15, -0.1) is 0 Å². The summed E-state index contributed by atoms with van der Waals surface area (Å²) in [6.45, 7) is 6.28. The Kier molecular flexibility index (Phi) is 5.88. The first-order valence-corrected chi connectivity index (χ1v) is 6.39. The molecular formula is C10H21NS. The quantitative estimate of drug-likeness (QED) is 0.609. The van der Waals surface area contributed by atoms with E-state index >= 15 is 0 Å². The van der Waals surface area contributed by atoms with E-state index in [1.54, 1.807) is 0 Å². The smallest absolute Gasteiger partial charge is 0.00727 e. The normalized spacial score (nSPS) is 19.8. The monoisotopic (exact) mass is 187 g/mol. The van der Waals surface area contributed by atoms with E-state index in [-0.39, 0.29) is 0 Å². The number of thioether (sulfide) groups is 1. The minimum atomic E-state index is 1.33. The Morgan fingerprint density at radius 2 is 1.83 bits per heavy atom. The van der Waals surface area contributed by atoms with E-state index in [0.717, 1.165) is 0 Å². The van der Waals surface area contributed by atoms with Crippen LogP contribution < -0.4 is 0 Å². The molecule has 0 unspecified atom stereocenters. The lowest BCUT2D eigenvalue weighted by Gasteiger charge is -2.25. The third-order valence-electron chi connectivity index (χ3n) is 2.43. The molecule has 1 nitrogen and oxygen atoms in total. The Morgan fingerprint density at radius 1 is 1.08 bits per heavy atom. The number of nitrogens with zero attached hydrogens (tertiary/aromatic N) is 1. The number of rotatable bonds is 5. The molecule has 72 valence electrons. The first-order chi connectivity index (χ1) is 5.93. The van der Waals surface area contributed by atoms with Crippen LogP contribution in [-0.2, 0) is 0 Å². The predicted molar refractivity (Wildman–Crippen MR) is 57.9 cm³/mol. The van der Waals surface area contributed by atoms with E-state index in [0.29, 0.717) is 0 Å². The average Bonchev–Trinajstić information content (AvgIpc) is 2.14. The van der Waals surface area contributed by atoms with Gasteiger partial charge in [-0.25, -0.2) is 0 Å². The highest BCUT2D eigenvalue weighted by Crippen LogP contribution is 2.10. The van der Waals surface area contributed by atoms with Crippen molar-refractivity contribution in [1.82, 2.24) is 4.90 Å². The Bertz CT molecular complexity index is 100. The molecule has 1 fully saturated rings. The van der Waals surface area contributed by atoms with Crippen molar-refractivity contribution in [3.63, 3.8) is 0 Å². The van der Waals surface area contributed by atoms with E-state index in [9.17, 15) is 0 Å². The van der Waals surface area contributed by atoms with Crippen LogP contribution in [0.5, 0.6) is 0 Å². The van der Waals surface area contributed by atoms with Crippen LogP contribution in [-0.4, -0.2) is 36.0 Å². The Balaban J connectivity index is 1.91. The van der Waals surface area contributed by atoms with Gasteiger partial charge in [-0.05, 0) is 13.0 Å². The lowest BCUT2D eigenvalue weighted by atomic mass is 10.2. The topological polar surface area (TPSA) is 3.24 Å². The Labute approximate surface area is 80.9 Å². The van der Waals surface area contributed by atoms with Crippen LogP contribution in [0.3, 0.4) is 0 Å². The van der Waals surface area contributed by atoms with Crippen LogP contribution in [0.1, 0.15) is 32.6 Å². The summed E-state index contributed by atoms with van der Waals surface area (Å²) in [4.78, 5) is 2.62. The van der Waals surface area contributed by atoms with Crippen LogP contribution in [0.15, 0.2) is 0 Å². The molecule has 1 heterocycles. The van der Waals surface area contributed by atoms with Gasteiger partial charge in [0.15, 0.2) is 0 Å². The maximum atomic E-state index is 2.62. The van der Waals surface area contributed by atoms with E-state index in [1.807, 2.05) is 0 Å². The van der Waals surface area contributed by atoms with Crippen LogP contribution >= 0.6 is 11.8 Å². The molecule has 0 bridgehead atoms. The lowest BCUT2D eigenvalue weighted by molar-refractivity contribution is 0.294. The van der Waals surface area contributed by atoms with Gasteiger partial charge in [0.05, 0.1) is 0 Å². The highest BCUT2D eigenvalue weighted by Gasteiger charge is 2.08. The van der Waals surface area contributed by atoms with Crippen molar-refractivity contribution in [2.75, 3.05) is 31.1 Å². The Hall–Kier alpha value is 0.310. The summed E-state index contributed by atoms with van der Waals surface area (Å²) in [5.74, 6) is 2.71. The molecule has 1 aliphatic heterocycles. The molecule has 0 aliphatic carbocycles. The molecule has 0 aromatic carbocycles. The molecular weight excluding hydrogens is 166 g/mol. The second-order valence-electron chi connectivity index (χ2n) is 3.51. The summed E-state index contributed by atoms with van der Waals surface area (Å²) in [6.07, 6.45) is 5.62. The van der Waals surface area contributed by atoms with Gasteiger partial charge in [-0.1, -0.05) is 26.2 Å². The van der Waals surface area contributed by atoms with Gasteiger partial charge in [0.2, 0.25) is 0 Å². The molecule has 0 amide bonds. The van der Waals surface area contributed by atoms with Crippen molar-refractivity contribution >= 4 is 11.8 Å². The SMILES string of the molecule is CCCCCCN1CCSCC1. The molecule has 1 saturated heterocycles. The second kappa shape index (κ2) is 6.79. The zero-order chi connectivity index (χ0) is 8.65. The van der Waals surface area contributed by atoms with Gasteiger partial charge in [0, 0.05) is 24.6 Å². The molecule has 2 heteroatoms. The molecule has 0 N–H and O–H groups in total. The maximum Gasteiger partial charge on any atom is 0.00727 e. The summed E-state index contributed by atoms with van der Waals surface area (Å²) in [6, 6.07) is 0. The molecule has 0 aromatic heterocycles. The summed E-state index contributed by atoms with van der Waals surface area (Å²) in [7, 11) is 0. The molecule has 1 rings (SSSR count). The summed E-state index contributed by atoms with van der Waals surface area (Å²) < 4.78 is 0. The summed E-state index contributed by atoms with van der Waals surface area (Å²) >= 11 is 2.10. The van der Waals surface area contributed by atoms with Crippen LogP contribution in [0.4, 0.5) is 0 Å². The highest BCUT2D eigenvalue weighted by atomic mass is 32.2. The molecule has 0 saturated carbocycles. The number of hydrogen-bond donors (Lipinski definition) is 0. The second-order valence-corrected chi connectivity index (χ2v) is 4.74. The van der Waals surface area contributed by atoms with E-state index < -0.39 is 0 Å². The molecule has 0 aromatic rings. The lowest BCUT2D eigenvalue weighted by Crippen LogP contribution is -2.33. The third kappa shape index (κ3) is 4.36. The van der Waals surface area contributed by atoms with E-state index in [4.69, 9.17) is 0 Å². The fraction of sp³-hybridized carbons (Fsp3) is 1.00. The fourth-order valence-corrected chi connectivity index (χ4v) is 2.57. The highest BCUT2D eigenvalue weighted by molar-refractivity contribution is 7.99. The summed E-state index contributed by atoms with van der Waals surface area (Å²) in [5.41, 5.74) is 0. The third-order valence-corrected chi connectivity index (χ3v) is 3.37. The van der Waals surface area contributed by atoms with E-state index in [1.165, 1.54) is 56.8 Å². The van der Waals surface area contributed by atoms with Gasteiger partial charge >= 0.3 is 0 Å². The van der Waals surface area contributed by atoms with Crippen LogP contribution in [0.25, 0.3) is 0 Å². The molecule has 0 radical (unpaired) electrons. The van der Waals surface area contributed by atoms with Crippen molar-refractivity contribution in [2.45, 2.75) is 32.6 Å². The van der Waals surface area contributed by atoms with Gasteiger partial charge in [0.1, 0.15) is 0 Å². The minimum absolute atomic E-state index is 1.33. The standard InChI is InChI=1S/C10H21NS/c1-2-3-4-5-6-11-7-9-12-10-8-11/h2-10H2,1H3. The Morgan fingerprint density at radius 3 is 2.50 bits per heavy atom. The fourth-order valence-electron chi connectivity index (χ4n) is 1.59. The van der Waals surface area contributed by atoms with Crippen molar-refractivity contribution in [3.8, 4) is 0 Å². The first-order valence-electron chi connectivity index (χ1n) is 5.23. The molecule has 0 spiro atoms. The number of unbranched alkanes of at least 4 members (excludes halogenated alkanes) is 3. The van der Waals surface area contributed by atoms with Gasteiger partial charge < -0.3 is 4.90 Å². The minimum Gasteiger partial charge on any atom is -0.302 e. The predicted octanol–water partition coefficient (Wildman–Crippen LogP) is 2.62. The van der Waals surface area contributed by atoms with Crippen LogP contribution in [0.2, 0.25) is 0 Å². The molecule has 12 heavy (non-hydrogen) atoms. The zero-order valence-corrected chi connectivity index (χ0v) is 9.04. The van der Waals surface area contributed by atoms with Gasteiger partial charge in [0.25, 0.3) is 0 Å². The first kappa shape index (κ1) is 10.4. The van der Waals surface area contributed by atoms with Gasteiger partial charge in [-0.2, -0.15) is 11.8 Å². The van der Waals surface area contributed by atoms with Crippen molar-refractivity contribution < 1.29 is 0 Å². The van der Waals surface area contributed by atoms with Crippen LogP contribution in [0, 0.1) is 0 Å². The van der Waals surface area contributed by atoms with Crippen molar-refractivity contribution in [3.05, 3.63) is 0 Å². The van der Waals surface area contributed by atoms with Gasteiger partial charge in [-0.3, -0.25) is 0 Å². The zero-order valence-electron chi connectivity index (χ0n) is 8.22.